The molecule has 0 spiro atoms. The van der Waals surface area contributed by atoms with Crippen LogP contribution in [0.1, 0.15) is 0 Å². The second-order valence-electron chi connectivity index (χ2n) is 2.79. The minimum atomic E-state index is -1.51. The monoisotopic (exact) mass is 173 g/mol. The maximum atomic E-state index is 9.01. The molecule has 64 valence electrons. The Labute approximate surface area is 75.8 Å². The fourth-order valence-electron chi connectivity index (χ4n) is 1.35. The first-order chi connectivity index (χ1) is 6.29. The summed E-state index contributed by atoms with van der Waals surface area (Å²) >= 11 is 0. The van der Waals surface area contributed by atoms with Crippen molar-refractivity contribution in [3.05, 3.63) is 36.5 Å². The van der Waals surface area contributed by atoms with Crippen LogP contribution in [0.3, 0.4) is 0 Å². The SMILES string of the molecule is OB(O)c1nccc2ccccc12. The summed E-state index contributed by atoms with van der Waals surface area (Å²) in [5.41, 5.74) is 0.304. The predicted octanol–water partition coefficient (Wildman–Crippen LogP) is -0.0854. The third kappa shape index (κ3) is 1.41. The second-order valence-corrected chi connectivity index (χ2v) is 2.79. The maximum Gasteiger partial charge on any atom is 0.508 e. The van der Waals surface area contributed by atoms with E-state index in [9.17, 15) is 0 Å². The number of rotatable bonds is 1. The van der Waals surface area contributed by atoms with Gasteiger partial charge in [0.2, 0.25) is 0 Å². The van der Waals surface area contributed by atoms with Crippen molar-refractivity contribution in [2.75, 3.05) is 0 Å². The van der Waals surface area contributed by atoms with Crippen molar-refractivity contribution in [1.29, 1.82) is 0 Å². The van der Waals surface area contributed by atoms with Gasteiger partial charge in [0, 0.05) is 6.20 Å². The molecule has 0 saturated carbocycles. The zero-order valence-electron chi connectivity index (χ0n) is 6.88. The van der Waals surface area contributed by atoms with Crippen molar-refractivity contribution in [3.63, 3.8) is 0 Å². The fraction of sp³-hybridized carbons (Fsp3) is 0. The van der Waals surface area contributed by atoms with E-state index in [0.29, 0.717) is 5.59 Å². The molecule has 3 nitrogen and oxygen atoms in total. The molecule has 0 fully saturated rings. The molecule has 0 atom stereocenters. The smallest absolute Gasteiger partial charge is 0.422 e. The van der Waals surface area contributed by atoms with Crippen LogP contribution in [0.5, 0.6) is 0 Å². The summed E-state index contributed by atoms with van der Waals surface area (Å²) in [4.78, 5) is 3.91. The lowest BCUT2D eigenvalue weighted by Crippen LogP contribution is -2.33. The van der Waals surface area contributed by atoms with Crippen molar-refractivity contribution in [3.8, 4) is 0 Å². The van der Waals surface area contributed by atoms with E-state index in [4.69, 9.17) is 10.0 Å². The number of nitrogens with zero attached hydrogens (tertiary/aromatic N) is 1. The fourth-order valence-corrected chi connectivity index (χ4v) is 1.35. The molecule has 2 N–H and O–H groups in total. The Balaban J connectivity index is 2.76. The first-order valence-corrected chi connectivity index (χ1v) is 3.99. The number of aromatic nitrogens is 1. The van der Waals surface area contributed by atoms with E-state index >= 15 is 0 Å². The van der Waals surface area contributed by atoms with Gasteiger partial charge in [-0.15, -0.1) is 0 Å². The molecule has 1 aromatic carbocycles. The Morgan fingerprint density at radius 1 is 1.08 bits per heavy atom. The van der Waals surface area contributed by atoms with E-state index in [1.807, 2.05) is 30.3 Å². The molecule has 0 bridgehead atoms. The van der Waals surface area contributed by atoms with E-state index < -0.39 is 7.12 Å². The van der Waals surface area contributed by atoms with E-state index in [1.165, 1.54) is 0 Å². The molecule has 0 saturated heterocycles. The lowest BCUT2D eigenvalue weighted by molar-refractivity contribution is 0.425. The van der Waals surface area contributed by atoms with E-state index in [0.717, 1.165) is 10.8 Å². The van der Waals surface area contributed by atoms with Crippen LogP contribution >= 0.6 is 0 Å². The Bertz CT molecular complexity index is 425. The van der Waals surface area contributed by atoms with Gasteiger partial charge in [-0.1, -0.05) is 24.3 Å². The van der Waals surface area contributed by atoms with Crippen LogP contribution in [0, 0.1) is 0 Å². The Morgan fingerprint density at radius 3 is 2.62 bits per heavy atom. The van der Waals surface area contributed by atoms with Crippen molar-refractivity contribution in [1.82, 2.24) is 4.98 Å². The van der Waals surface area contributed by atoms with Gasteiger partial charge in [-0.05, 0) is 16.8 Å². The largest absolute Gasteiger partial charge is 0.508 e. The zero-order valence-corrected chi connectivity index (χ0v) is 6.88. The van der Waals surface area contributed by atoms with Crippen molar-refractivity contribution < 1.29 is 10.0 Å². The molecule has 0 unspecified atom stereocenters. The number of hydrogen-bond acceptors (Lipinski definition) is 3. The topological polar surface area (TPSA) is 53.4 Å². The summed E-state index contributed by atoms with van der Waals surface area (Å²) < 4.78 is 0. The number of benzene rings is 1. The van der Waals surface area contributed by atoms with Gasteiger partial charge in [0.15, 0.2) is 0 Å². The minimum absolute atomic E-state index is 0.304. The lowest BCUT2D eigenvalue weighted by atomic mass is 9.82. The Kier molecular flexibility index (Phi) is 2.00. The minimum Gasteiger partial charge on any atom is -0.422 e. The van der Waals surface area contributed by atoms with Crippen LogP contribution in [-0.2, 0) is 0 Å². The molecule has 0 radical (unpaired) electrons. The maximum absolute atomic E-state index is 9.01. The summed E-state index contributed by atoms with van der Waals surface area (Å²) in [7, 11) is -1.51. The molecule has 4 heteroatoms. The highest BCUT2D eigenvalue weighted by Crippen LogP contribution is 2.08. The van der Waals surface area contributed by atoms with Crippen molar-refractivity contribution in [2.45, 2.75) is 0 Å². The van der Waals surface area contributed by atoms with E-state index in [-0.39, 0.29) is 0 Å². The van der Waals surface area contributed by atoms with Crippen LogP contribution in [0.2, 0.25) is 0 Å². The van der Waals surface area contributed by atoms with Gasteiger partial charge in [-0.3, -0.25) is 4.98 Å². The van der Waals surface area contributed by atoms with Crippen LogP contribution < -0.4 is 5.59 Å². The number of hydrogen-bond donors (Lipinski definition) is 2. The molecule has 2 rings (SSSR count). The highest BCUT2D eigenvalue weighted by atomic mass is 16.4. The quantitative estimate of drug-likeness (QED) is 0.592. The van der Waals surface area contributed by atoms with Gasteiger partial charge in [0.05, 0.1) is 5.59 Å². The molecule has 0 aliphatic heterocycles. The van der Waals surface area contributed by atoms with Crippen molar-refractivity contribution in [2.24, 2.45) is 0 Å². The van der Waals surface area contributed by atoms with Crippen LogP contribution in [-0.4, -0.2) is 22.2 Å². The van der Waals surface area contributed by atoms with Crippen LogP contribution in [0.4, 0.5) is 0 Å². The Morgan fingerprint density at radius 2 is 1.85 bits per heavy atom. The van der Waals surface area contributed by atoms with E-state index in [2.05, 4.69) is 4.98 Å². The summed E-state index contributed by atoms with van der Waals surface area (Å²) in [5.74, 6) is 0. The van der Waals surface area contributed by atoms with Gasteiger partial charge in [0.25, 0.3) is 0 Å². The first kappa shape index (κ1) is 8.22. The van der Waals surface area contributed by atoms with Gasteiger partial charge in [-0.25, -0.2) is 0 Å². The highest BCUT2D eigenvalue weighted by Gasteiger charge is 2.15. The molecule has 2 aromatic rings. The number of pyridine rings is 1. The van der Waals surface area contributed by atoms with E-state index in [1.54, 1.807) is 6.20 Å². The summed E-state index contributed by atoms with van der Waals surface area (Å²) in [6, 6.07) is 9.30. The molecule has 0 amide bonds. The first-order valence-electron chi connectivity index (χ1n) is 3.99. The van der Waals surface area contributed by atoms with Crippen molar-refractivity contribution >= 4 is 23.5 Å². The van der Waals surface area contributed by atoms with Gasteiger partial charge in [-0.2, -0.15) is 0 Å². The molecular weight excluding hydrogens is 165 g/mol. The van der Waals surface area contributed by atoms with Gasteiger partial charge >= 0.3 is 7.12 Å². The van der Waals surface area contributed by atoms with Crippen LogP contribution in [0.15, 0.2) is 36.5 Å². The lowest BCUT2D eigenvalue weighted by Gasteiger charge is -2.02. The van der Waals surface area contributed by atoms with Gasteiger partial charge in [0.1, 0.15) is 0 Å². The highest BCUT2D eigenvalue weighted by molar-refractivity contribution is 6.60. The van der Waals surface area contributed by atoms with Gasteiger partial charge < -0.3 is 10.0 Å². The number of fused-ring (bicyclic) bond motifs is 1. The molecular formula is C9H8BNO2. The summed E-state index contributed by atoms with van der Waals surface area (Å²) in [6.07, 6.45) is 1.57. The summed E-state index contributed by atoms with van der Waals surface area (Å²) in [5, 5.41) is 19.8. The predicted molar refractivity (Wildman–Crippen MR) is 51.6 cm³/mol. The third-order valence-electron chi connectivity index (χ3n) is 1.95. The third-order valence-corrected chi connectivity index (χ3v) is 1.95. The standard InChI is InChI=1S/C9H8BNO2/c12-10(13)9-8-4-2-1-3-7(8)5-6-11-9/h1-6,12-13H. The van der Waals surface area contributed by atoms with Crippen LogP contribution in [0.25, 0.3) is 10.8 Å². The molecule has 0 aliphatic rings. The second kappa shape index (κ2) is 3.16. The Hall–Kier alpha value is -1.39. The molecule has 0 aliphatic carbocycles. The molecule has 1 aromatic heterocycles. The molecule has 1 heterocycles. The average Bonchev–Trinajstić information content (AvgIpc) is 2.17. The normalized spacial score (nSPS) is 10.3. The summed E-state index contributed by atoms with van der Waals surface area (Å²) in [6.45, 7) is 0. The zero-order chi connectivity index (χ0) is 9.26. The molecule has 13 heavy (non-hydrogen) atoms. The average molecular weight is 173 g/mol.